The lowest BCUT2D eigenvalue weighted by molar-refractivity contribution is -0.131. The van der Waals surface area contributed by atoms with Gasteiger partial charge in [-0.3, -0.25) is 4.79 Å². The van der Waals surface area contributed by atoms with Gasteiger partial charge in [0.2, 0.25) is 5.91 Å². The highest BCUT2D eigenvalue weighted by atomic mass is 19.1. The van der Waals surface area contributed by atoms with Gasteiger partial charge in [-0.2, -0.15) is 0 Å². The molecular weight excluding hydrogens is 240 g/mol. The van der Waals surface area contributed by atoms with Crippen LogP contribution in [0, 0.1) is 11.6 Å². The highest BCUT2D eigenvalue weighted by Crippen LogP contribution is 2.18. The summed E-state index contributed by atoms with van der Waals surface area (Å²) in [6.07, 6.45) is -0.0306. The lowest BCUT2D eigenvalue weighted by Gasteiger charge is -2.19. The van der Waals surface area contributed by atoms with Crippen molar-refractivity contribution in [2.75, 3.05) is 7.11 Å². The number of methoxy groups -OCH3 is 1. The molecular formula is C13H17F2NO2. The average Bonchev–Trinajstić information content (AvgIpc) is 2.30. The SMILES string of the molecule is CC[C@@H](OC)C(=O)N[C@H](C)c1ccc(F)cc1F. The number of rotatable bonds is 5. The number of hydrogen-bond acceptors (Lipinski definition) is 2. The largest absolute Gasteiger partial charge is 0.372 e. The monoisotopic (exact) mass is 257 g/mol. The first-order chi connectivity index (χ1) is 8.49. The van der Waals surface area contributed by atoms with Crippen LogP contribution in [0.3, 0.4) is 0 Å². The summed E-state index contributed by atoms with van der Waals surface area (Å²) in [5.74, 6) is -1.62. The van der Waals surface area contributed by atoms with Crippen LogP contribution in [0.4, 0.5) is 8.78 Å². The Balaban J connectivity index is 2.76. The number of amides is 1. The third kappa shape index (κ3) is 3.50. The molecule has 0 heterocycles. The van der Waals surface area contributed by atoms with E-state index in [1.165, 1.54) is 13.2 Å². The van der Waals surface area contributed by atoms with Crippen molar-refractivity contribution in [2.45, 2.75) is 32.4 Å². The van der Waals surface area contributed by atoms with Crippen molar-refractivity contribution in [2.24, 2.45) is 0 Å². The van der Waals surface area contributed by atoms with E-state index < -0.39 is 23.8 Å². The molecule has 0 aliphatic rings. The molecule has 0 aliphatic carbocycles. The van der Waals surface area contributed by atoms with Crippen LogP contribution in [0.2, 0.25) is 0 Å². The van der Waals surface area contributed by atoms with Gasteiger partial charge in [0.15, 0.2) is 0 Å². The molecule has 1 aromatic carbocycles. The third-order valence-corrected chi connectivity index (χ3v) is 2.74. The molecule has 1 aromatic rings. The predicted octanol–water partition coefficient (Wildman–Crippen LogP) is 2.57. The van der Waals surface area contributed by atoms with Gasteiger partial charge in [-0.25, -0.2) is 8.78 Å². The molecule has 0 unspecified atom stereocenters. The van der Waals surface area contributed by atoms with Gasteiger partial charge in [0.25, 0.3) is 0 Å². The maximum absolute atomic E-state index is 13.5. The van der Waals surface area contributed by atoms with Gasteiger partial charge in [-0.05, 0) is 19.4 Å². The van der Waals surface area contributed by atoms with Gasteiger partial charge in [0.05, 0.1) is 6.04 Å². The number of halogens is 2. The lowest BCUT2D eigenvalue weighted by Crippen LogP contribution is -2.37. The summed E-state index contributed by atoms with van der Waals surface area (Å²) in [6.45, 7) is 3.45. The van der Waals surface area contributed by atoms with Gasteiger partial charge >= 0.3 is 0 Å². The van der Waals surface area contributed by atoms with Crippen LogP contribution in [-0.2, 0) is 9.53 Å². The van der Waals surface area contributed by atoms with Crippen molar-refractivity contribution >= 4 is 5.91 Å². The predicted molar refractivity (Wildman–Crippen MR) is 64.0 cm³/mol. The van der Waals surface area contributed by atoms with Crippen LogP contribution in [-0.4, -0.2) is 19.1 Å². The molecule has 0 saturated heterocycles. The average molecular weight is 257 g/mol. The minimum Gasteiger partial charge on any atom is -0.372 e. The van der Waals surface area contributed by atoms with Crippen LogP contribution in [0.1, 0.15) is 31.9 Å². The van der Waals surface area contributed by atoms with Crippen LogP contribution >= 0.6 is 0 Å². The van der Waals surface area contributed by atoms with Gasteiger partial charge in [-0.15, -0.1) is 0 Å². The van der Waals surface area contributed by atoms with E-state index in [1.54, 1.807) is 6.92 Å². The topological polar surface area (TPSA) is 38.3 Å². The van der Waals surface area contributed by atoms with Crippen molar-refractivity contribution in [3.05, 3.63) is 35.4 Å². The molecule has 0 saturated carbocycles. The lowest BCUT2D eigenvalue weighted by atomic mass is 10.1. The Morgan fingerprint density at radius 3 is 2.61 bits per heavy atom. The number of carbonyl (C=O) groups is 1. The molecule has 3 nitrogen and oxygen atoms in total. The molecule has 18 heavy (non-hydrogen) atoms. The molecule has 0 bridgehead atoms. The Morgan fingerprint density at radius 1 is 1.44 bits per heavy atom. The number of benzene rings is 1. The minimum atomic E-state index is -0.673. The molecule has 0 aliphatic heterocycles. The van der Waals surface area contributed by atoms with E-state index in [2.05, 4.69) is 5.32 Å². The van der Waals surface area contributed by atoms with Gasteiger partial charge in [-0.1, -0.05) is 13.0 Å². The normalized spacial score (nSPS) is 14.1. The van der Waals surface area contributed by atoms with E-state index >= 15 is 0 Å². The van der Waals surface area contributed by atoms with E-state index in [0.29, 0.717) is 6.42 Å². The standard InChI is InChI=1S/C13H17F2NO2/c1-4-12(18-3)13(17)16-8(2)10-6-5-9(14)7-11(10)15/h5-8,12H,4H2,1-3H3,(H,16,17)/t8-,12-/m1/s1. The number of nitrogens with one attached hydrogen (secondary N) is 1. The van der Waals surface area contributed by atoms with Crippen molar-refractivity contribution in [3.8, 4) is 0 Å². The second kappa shape index (κ2) is 6.44. The first-order valence-electron chi connectivity index (χ1n) is 5.77. The van der Waals surface area contributed by atoms with Crippen molar-refractivity contribution in [3.63, 3.8) is 0 Å². The van der Waals surface area contributed by atoms with E-state index in [1.807, 2.05) is 6.92 Å². The third-order valence-electron chi connectivity index (χ3n) is 2.74. The van der Waals surface area contributed by atoms with Crippen molar-refractivity contribution in [1.29, 1.82) is 0 Å². The van der Waals surface area contributed by atoms with E-state index in [-0.39, 0.29) is 11.5 Å². The van der Waals surface area contributed by atoms with Crippen LogP contribution in [0.15, 0.2) is 18.2 Å². The molecule has 0 radical (unpaired) electrons. The summed E-state index contributed by atoms with van der Waals surface area (Å²) < 4.78 is 31.2. The second-order valence-electron chi connectivity index (χ2n) is 4.03. The molecule has 1 N–H and O–H groups in total. The number of ether oxygens (including phenoxy) is 1. The Labute approximate surface area is 105 Å². The van der Waals surface area contributed by atoms with Crippen molar-refractivity contribution in [1.82, 2.24) is 5.32 Å². The molecule has 0 spiro atoms. The first-order valence-corrected chi connectivity index (χ1v) is 5.77. The smallest absolute Gasteiger partial charge is 0.249 e. The van der Waals surface area contributed by atoms with E-state index in [4.69, 9.17) is 4.74 Å². The zero-order valence-corrected chi connectivity index (χ0v) is 10.7. The fourth-order valence-corrected chi connectivity index (χ4v) is 1.70. The summed E-state index contributed by atoms with van der Waals surface area (Å²) in [7, 11) is 1.44. The summed E-state index contributed by atoms with van der Waals surface area (Å²) in [5.41, 5.74) is 0.246. The maximum Gasteiger partial charge on any atom is 0.249 e. The summed E-state index contributed by atoms with van der Waals surface area (Å²) in [5, 5.41) is 2.63. The van der Waals surface area contributed by atoms with Gasteiger partial charge in [0, 0.05) is 18.7 Å². The Bertz CT molecular complexity index is 419. The first kappa shape index (κ1) is 14.6. The minimum absolute atomic E-state index is 0.246. The van der Waals surface area contributed by atoms with E-state index in [9.17, 15) is 13.6 Å². The Hall–Kier alpha value is -1.49. The number of carbonyl (C=O) groups excluding carboxylic acids is 1. The molecule has 100 valence electrons. The fraction of sp³-hybridized carbons (Fsp3) is 0.462. The Morgan fingerprint density at radius 2 is 2.11 bits per heavy atom. The molecule has 1 rings (SSSR count). The van der Waals surface area contributed by atoms with Gasteiger partial charge < -0.3 is 10.1 Å². The highest BCUT2D eigenvalue weighted by molar-refractivity contribution is 5.81. The quantitative estimate of drug-likeness (QED) is 0.880. The molecule has 0 fully saturated rings. The van der Waals surface area contributed by atoms with Crippen molar-refractivity contribution < 1.29 is 18.3 Å². The maximum atomic E-state index is 13.5. The highest BCUT2D eigenvalue weighted by Gasteiger charge is 2.19. The zero-order chi connectivity index (χ0) is 13.7. The summed E-state index contributed by atoms with van der Waals surface area (Å²) in [4.78, 5) is 11.7. The molecule has 2 atom stereocenters. The molecule has 5 heteroatoms. The van der Waals surface area contributed by atoms with Gasteiger partial charge in [0.1, 0.15) is 17.7 Å². The van der Waals surface area contributed by atoms with E-state index in [0.717, 1.165) is 12.1 Å². The Kier molecular flexibility index (Phi) is 5.22. The molecule has 0 aromatic heterocycles. The van der Waals surface area contributed by atoms with Crippen LogP contribution in [0.5, 0.6) is 0 Å². The fourth-order valence-electron chi connectivity index (χ4n) is 1.70. The summed E-state index contributed by atoms with van der Waals surface area (Å²) >= 11 is 0. The van der Waals surface area contributed by atoms with Crippen LogP contribution < -0.4 is 5.32 Å². The zero-order valence-electron chi connectivity index (χ0n) is 10.7. The second-order valence-corrected chi connectivity index (χ2v) is 4.03. The summed E-state index contributed by atoms with van der Waals surface area (Å²) in [6, 6.07) is 2.74. The number of hydrogen-bond donors (Lipinski definition) is 1. The molecule has 1 amide bonds. The van der Waals surface area contributed by atoms with Crippen LogP contribution in [0.25, 0.3) is 0 Å².